The summed E-state index contributed by atoms with van der Waals surface area (Å²) in [4.78, 5) is 14.5. The molecule has 8 heteroatoms. The van der Waals surface area contributed by atoms with E-state index in [1.165, 1.54) is 20.5 Å². The number of rotatable bonds is 4. The van der Waals surface area contributed by atoms with Crippen molar-refractivity contribution in [2.75, 3.05) is 18.4 Å². The van der Waals surface area contributed by atoms with Gasteiger partial charge in [0.05, 0.1) is 10.5 Å². The molecule has 6 nitrogen and oxygen atoms in total. The van der Waals surface area contributed by atoms with Crippen LogP contribution in [0.1, 0.15) is 58.4 Å². The van der Waals surface area contributed by atoms with Crippen LogP contribution in [0.5, 0.6) is 0 Å². The molecular formula is C24H29N3O3S2. The molecule has 4 rings (SSSR count). The van der Waals surface area contributed by atoms with Crippen LogP contribution in [-0.2, 0) is 27.7 Å². The molecule has 0 spiro atoms. The molecule has 1 aliphatic heterocycles. The third-order valence-corrected chi connectivity index (χ3v) is 9.96. The highest BCUT2D eigenvalue weighted by molar-refractivity contribution is 7.89. The van der Waals surface area contributed by atoms with Gasteiger partial charge in [-0.05, 0) is 76.0 Å². The minimum Gasteiger partial charge on any atom is -0.316 e. The number of piperidine rings is 1. The fourth-order valence-corrected chi connectivity index (χ4v) is 8.17. The molecule has 2 aromatic rings. The maximum atomic E-state index is 13.3. The molecule has 1 fully saturated rings. The van der Waals surface area contributed by atoms with Crippen molar-refractivity contribution in [2.24, 2.45) is 5.92 Å². The first-order chi connectivity index (χ1) is 15.2. The topological polar surface area (TPSA) is 90.3 Å². The first-order valence-corrected chi connectivity index (χ1v) is 13.4. The van der Waals surface area contributed by atoms with Crippen molar-refractivity contribution in [3.63, 3.8) is 0 Å². The van der Waals surface area contributed by atoms with Gasteiger partial charge in [-0.25, -0.2) is 8.42 Å². The Morgan fingerprint density at radius 1 is 1.12 bits per heavy atom. The van der Waals surface area contributed by atoms with Gasteiger partial charge in [0.1, 0.15) is 11.1 Å². The minimum atomic E-state index is -3.60. The first kappa shape index (κ1) is 23.0. The number of nitrogens with one attached hydrogen (secondary N) is 1. The zero-order valence-corrected chi connectivity index (χ0v) is 20.5. The van der Waals surface area contributed by atoms with E-state index in [-0.39, 0.29) is 11.8 Å². The zero-order valence-electron chi connectivity index (χ0n) is 18.8. The number of nitrogens with zero attached hydrogens (tertiary/aromatic N) is 2. The Balaban J connectivity index is 1.45. The molecule has 2 aliphatic rings. The normalized spacial score (nSPS) is 17.6. The molecule has 0 radical (unpaired) electrons. The van der Waals surface area contributed by atoms with Crippen LogP contribution in [0.2, 0.25) is 0 Å². The Morgan fingerprint density at radius 2 is 1.75 bits per heavy atom. The van der Waals surface area contributed by atoms with Gasteiger partial charge < -0.3 is 5.32 Å². The molecule has 1 aromatic carbocycles. The summed E-state index contributed by atoms with van der Waals surface area (Å²) in [6, 6.07) is 6.07. The summed E-state index contributed by atoms with van der Waals surface area (Å²) in [5, 5.41) is 13.3. The van der Waals surface area contributed by atoms with Gasteiger partial charge in [0.15, 0.2) is 0 Å². The van der Waals surface area contributed by atoms with E-state index in [9.17, 15) is 18.5 Å². The van der Waals surface area contributed by atoms with Crippen molar-refractivity contribution < 1.29 is 13.2 Å². The van der Waals surface area contributed by atoms with Crippen LogP contribution in [0.3, 0.4) is 0 Å². The predicted molar refractivity (Wildman–Crippen MR) is 126 cm³/mol. The van der Waals surface area contributed by atoms with Gasteiger partial charge in [0.2, 0.25) is 15.9 Å². The predicted octanol–water partition coefficient (Wildman–Crippen LogP) is 4.46. The molecule has 1 saturated heterocycles. The van der Waals surface area contributed by atoms with Crippen LogP contribution < -0.4 is 5.32 Å². The van der Waals surface area contributed by atoms with Crippen molar-refractivity contribution in [3.8, 4) is 6.07 Å². The SMILES string of the molecule is Cc1cc(C)c(S(=O)(=O)N2CCC(C(=O)Nc3sc4c(c3C#N)CCCC4)CC2)c(C)c1. The number of hydrogen-bond acceptors (Lipinski definition) is 5. The highest BCUT2D eigenvalue weighted by Crippen LogP contribution is 2.38. The third-order valence-electron chi connectivity index (χ3n) is 6.55. The first-order valence-electron chi connectivity index (χ1n) is 11.2. The molecule has 1 amide bonds. The second-order valence-corrected chi connectivity index (χ2v) is 11.9. The van der Waals surface area contributed by atoms with Crippen LogP contribution in [0.25, 0.3) is 0 Å². The van der Waals surface area contributed by atoms with E-state index in [4.69, 9.17) is 0 Å². The smallest absolute Gasteiger partial charge is 0.243 e. The average Bonchev–Trinajstić information content (AvgIpc) is 3.09. The number of anilines is 1. The van der Waals surface area contributed by atoms with Crippen molar-refractivity contribution in [1.29, 1.82) is 5.26 Å². The number of amides is 1. The number of carbonyl (C=O) groups is 1. The quantitative estimate of drug-likeness (QED) is 0.713. The summed E-state index contributed by atoms with van der Waals surface area (Å²) < 4.78 is 28.1. The summed E-state index contributed by atoms with van der Waals surface area (Å²) in [7, 11) is -3.60. The van der Waals surface area contributed by atoms with Gasteiger partial charge in [-0.2, -0.15) is 9.57 Å². The second-order valence-electron chi connectivity index (χ2n) is 8.92. The molecule has 0 bridgehead atoms. The summed E-state index contributed by atoms with van der Waals surface area (Å²) >= 11 is 1.52. The lowest BCUT2D eigenvalue weighted by atomic mass is 9.95. The number of fused-ring (bicyclic) bond motifs is 1. The Kier molecular flexibility index (Phi) is 6.44. The standard InChI is InChI=1S/C24H29N3O3S2/c1-15-12-16(2)22(17(3)13-15)32(29,30)27-10-8-18(9-11-27)23(28)26-24-20(14-25)19-6-4-5-7-21(19)31-24/h12-13,18H,4-11H2,1-3H3,(H,26,28). The average molecular weight is 472 g/mol. The van der Waals surface area contributed by atoms with Crippen molar-refractivity contribution >= 4 is 32.3 Å². The van der Waals surface area contributed by atoms with Crippen LogP contribution in [0, 0.1) is 38.0 Å². The molecule has 1 N–H and O–H groups in total. The van der Waals surface area contributed by atoms with Crippen molar-refractivity contribution in [3.05, 3.63) is 44.8 Å². The van der Waals surface area contributed by atoms with Crippen molar-refractivity contribution in [1.82, 2.24) is 4.31 Å². The van der Waals surface area contributed by atoms with Crippen molar-refractivity contribution in [2.45, 2.75) is 64.2 Å². The van der Waals surface area contributed by atoms with E-state index in [2.05, 4.69) is 11.4 Å². The summed E-state index contributed by atoms with van der Waals surface area (Å²) in [6.45, 7) is 6.27. The van der Waals surface area contributed by atoms with Crippen LogP contribution in [0.15, 0.2) is 17.0 Å². The van der Waals surface area contributed by atoms with Gasteiger partial charge in [-0.15, -0.1) is 11.3 Å². The molecule has 0 saturated carbocycles. The molecular weight excluding hydrogens is 442 g/mol. The van der Waals surface area contributed by atoms with E-state index in [0.717, 1.165) is 47.9 Å². The second kappa shape index (κ2) is 8.97. The Hall–Kier alpha value is -2.21. The molecule has 1 aliphatic carbocycles. The highest BCUT2D eigenvalue weighted by atomic mass is 32.2. The molecule has 2 heterocycles. The number of sulfonamides is 1. The largest absolute Gasteiger partial charge is 0.316 e. The van der Waals surface area contributed by atoms with Gasteiger partial charge in [0, 0.05) is 23.9 Å². The minimum absolute atomic E-state index is 0.111. The van der Waals surface area contributed by atoms with E-state index < -0.39 is 10.0 Å². The van der Waals surface area contributed by atoms with Gasteiger partial charge in [-0.3, -0.25) is 4.79 Å². The highest BCUT2D eigenvalue weighted by Gasteiger charge is 2.34. The molecule has 0 atom stereocenters. The number of hydrogen-bond donors (Lipinski definition) is 1. The maximum Gasteiger partial charge on any atom is 0.243 e. The molecule has 32 heavy (non-hydrogen) atoms. The van der Waals surface area contributed by atoms with Crippen LogP contribution in [0.4, 0.5) is 5.00 Å². The number of nitriles is 1. The van der Waals surface area contributed by atoms with Gasteiger partial charge in [-0.1, -0.05) is 17.7 Å². The summed E-state index contributed by atoms with van der Waals surface area (Å²) in [5.41, 5.74) is 4.27. The Bertz CT molecular complexity index is 1180. The fraction of sp³-hybridized carbons (Fsp3) is 0.500. The van der Waals surface area contributed by atoms with E-state index in [0.29, 0.717) is 41.4 Å². The van der Waals surface area contributed by atoms with E-state index in [1.54, 1.807) is 0 Å². The Morgan fingerprint density at radius 3 is 2.38 bits per heavy atom. The van der Waals surface area contributed by atoms with Crippen LogP contribution >= 0.6 is 11.3 Å². The molecule has 1 aromatic heterocycles. The number of carbonyl (C=O) groups excluding carboxylic acids is 1. The summed E-state index contributed by atoms with van der Waals surface area (Å²) in [6.07, 6.45) is 5.03. The number of benzene rings is 1. The third kappa shape index (κ3) is 4.21. The zero-order chi connectivity index (χ0) is 23.0. The van der Waals surface area contributed by atoms with Crippen LogP contribution in [-0.4, -0.2) is 31.7 Å². The molecule has 170 valence electrons. The van der Waals surface area contributed by atoms with Gasteiger partial charge in [0.25, 0.3) is 0 Å². The lowest BCUT2D eigenvalue weighted by Crippen LogP contribution is -2.41. The monoisotopic (exact) mass is 471 g/mol. The van der Waals surface area contributed by atoms with E-state index >= 15 is 0 Å². The van der Waals surface area contributed by atoms with E-state index in [1.807, 2.05) is 32.9 Å². The number of thiophene rings is 1. The fourth-order valence-electron chi connectivity index (χ4n) is 5.05. The van der Waals surface area contributed by atoms with Gasteiger partial charge >= 0.3 is 0 Å². The maximum absolute atomic E-state index is 13.3. The summed E-state index contributed by atoms with van der Waals surface area (Å²) in [5.74, 6) is -0.368. The number of aryl methyl sites for hydroxylation is 4. The molecule has 0 unspecified atom stereocenters. The lowest BCUT2D eigenvalue weighted by molar-refractivity contribution is -0.120. The lowest BCUT2D eigenvalue weighted by Gasteiger charge is -2.31. The Labute approximate surface area is 194 Å².